The Morgan fingerprint density at radius 1 is 1.30 bits per heavy atom. The Labute approximate surface area is 123 Å². The van der Waals surface area contributed by atoms with Gasteiger partial charge in [-0.1, -0.05) is 6.07 Å². The summed E-state index contributed by atoms with van der Waals surface area (Å²) in [6, 6.07) is 8.47. The lowest BCUT2D eigenvalue weighted by atomic mass is 10.1. The zero-order valence-corrected chi connectivity index (χ0v) is 11.7. The number of anilines is 1. The van der Waals surface area contributed by atoms with Gasteiger partial charge < -0.3 is 4.74 Å². The Balaban J connectivity index is 0.00000200. The fourth-order valence-electron chi connectivity index (χ4n) is 1.53. The number of nitrogens with zero attached hydrogens (tertiary/aromatic N) is 2. The molecular formula is C14H15ClFN3O. The van der Waals surface area contributed by atoms with E-state index in [0.717, 1.165) is 11.3 Å². The Kier molecular flexibility index (Phi) is 6.46. The van der Waals surface area contributed by atoms with Crippen LogP contribution in [0.1, 0.15) is 5.56 Å². The van der Waals surface area contributed by atoms with Gasteiger partial charge in [0.25, 0.3) is 0 Å². The average molecular weight is 296 g/mol. The molecule has 2 aromatic rings. The van der Waals surface area contributed by atoms with Crippen LogP contribution < -0.4 is 10.2 Å². The van der Waals surface area contributed by atoms with E-state index in [4.69, 9.17) is 4.74 Å². The molecule has 4 nitrogen and oxygen atoms in total. The van der Waals surface area contributed by atoms with E-state index in [1.54, 1.807) is 30.7 Å². The van der Waals surface area contributed by atoms with Gasteiger partial charge in [0.15, 0.2) is 11.6 Å². The Morgan fingerprint density at radius 2 is 2.05 bits per heavy atom. The van der Waals surface area contributed by atoms with Crippen molar-refractivity contribution >= 4 is 24.3 Å². The molecule has 106 valence electrons. The lowest BCUT2D eigenvalue weighted by molar-refractivity contribution is 0.386. The Hall–Kier alpha value is -2.14. The van der Waals surface area contributed by atoms with Crippen LogP contribution in [0.15, 0.2) is 47.8 Å². The molecule has 0 saturated heterocycles. The molecule has 0 aliphatic heterocycles. The normalized spacial score (nSPS) is 10.1. The van der Waals surface area contributed by atoms with Gasteiger partial charge in [-0.05, 0) is 29.8 Å². The highest BCUT2D eigenvalue weighted by molar-refractivity contribution is 5.85. The summed E-state index contributed by atoms with van der Waals surface area (Å²) in [6.45, 7) is 0. The zero-order valence-electron chi connectivity index (χ0n) is 10.9. The highest BCUT2D eigenvalue weighted by atomic mass is 35.5. The van der Waals surface area contributed by atoms with E-state index in [-0.39, 0.29) is 24.0 Å². The molecule has 0 fully saturated rings. The van der Waals surface area contributed by atoms with Gasteiger partial charge >= 0.3 is 0 Å². The standard InChI is InChI=1S/C14H14FN3O.ClH/c1-19-14-3-2-11(10-13(14)15)4-9-17-18-12-5-7-16-8-6-12;/h2-3,5-10H,4H2,1H3,(H,16,18);1H/b17-9+;. The van der Waals surface area contributed by atoms with Crippen LogP contribution in [-0.2, 0) is 6.42 Å². The molecule has 1 heterocycles. The summed E-state index contributed by atoms with van der Waals surface area (Å²) < 4.78 is 18.3. The summed E-state index contributed by atoms with van der Waals surface area (Å²) in [6.07, 6.45) is 5.58. The first kappa shape index (κ1) is 15.9. The van der Waals surface area contributed by atoms with E-state index in [1.807, 2.05) is 12.1 Å². The van der Waals surface area contributed by atoms with Crippen molar-refractivity contribution in [1.82, 2.24) is 4.98 Å². The van der Waals surface area contributed by atoms with E-state index in [1.165, 1.54) is 13.2 Å². The maximum Gasteiger partial charge on any atom is 0.165 e. The molecule has 0 aliphatic carbocycles. The largest absolute Gasteiger partial charge is 0.494 e. The number of nitrogens with one attached hydrogen (secondary N) is 1. The fourth-order valence-corrected chi connectivity index (χ4v) is 1.53. The van der Waals surface area contributed by atoms with Crippen LogP contribution in [0.2, 0.25) is 0 Å². The number of methoxy groups -OCH3 is 1. The van der Waals surface area contributed by atoms with Crippen molar-refractivity contribution in [2.75, 3.05) is 12.5 Å². The molecule has 0 unspecified atom stereocenters. The van der Waals surface area contributed by atoms with E-state index in [9.17, 15) is 4.39 Å². The average Bonchev–Trinajstić information content (AvgIpc) is 2.45. The topological polar surface area (TPSA) is 46.5 Å². The third kappa shape index (κ3) is 4.51. The Bertz CT molecular complexity index is 564. The highest BCUT2D eigenvalue weighted by Gasteiger charge is 2.02. The zero-order chi connectivity index (χ0) is 13.5. The van der Waals surface area contributed by atoms with Crippen LogP contribution in [0.3, 0.4) is 0 Å². The van der Waals surface area contributed by atoms with Crippen molar-refractivity contribution in [3.05, 3.63) is 54.1 Å². The van der Waals surface area contributed by atoms with Crippen LogP contribution in [0.5, 0.6) is 5.75 Å². The molecule has 0 saturated carbocycles. The second-order valence-electron chi connectivity index (χ2n) is 3.83. The molecule has 0 bridgehead atoms. The number of hydrogen-bond donors (Lipinski definition) is 1. The summed E-state index contributed by atoms with van der Waals surface area (Å²) in [7, 11) is 1.44. The van der Waals surface area contributed by atoms with Gasteiger partial charge in [0.05, 0.1) is 12.8 Å². The number of ether oxygens (including phenoxy) is 1. The number of hydrogen-bond acceptors (Lipinski definition) is 4. The van der Waals surface area contributed by atoms with Gasteiger partial charge in [0, 0.05) is 25.0 Å². The SMILES string of the molecule is COc1ccc(C/C=N/Nc2ccncc2)cc1F.Cl. The smallest absolute Gasteiger partial charge is 0.165 e. The molecule has 1 aromatic heterocycles. The summed E-state index contributed by atoms with van der Waals surface area (Å²) in [5, 5.41) is 4.05. The van der Waals surface area contributed by atoms with Crippen molar-refractivity contribution in [2.45, 2.75) is 6.42 Å². The second-order valence-corrected chi connectivity index (χ2v) is 3.83. The number of hydrazone groups is 1. The van der Waals surface area contributed by atoms with Crippen LogP contribution >= 0.6 is 12.4 Å². The minimum Gasteiger partial charge on any atom is -0.494 e. The van der Waals surface area contributed by atoms with Gasteiger partial charge in [-0.15, -0.1) is 12.4 Å². The first-order valence-corrected chi connectivity index (χ1v) is 5.79. The number of halogens is 2. The molecule has 0 spiro atoms. The summed E-state index contributed by atoms with van der Waals surface area (Å²) in [5.41, 5.74) is 4.55. The quantitative estimate of drug-likeness (QED) is 0.680. The van der Waals surface area contributed by atoms with Crippen LogP contribution in [0.25, 0.3) is 0 Å². The van der Waals surface area contributed by atoms with Crippen molar-refractivity contribution in [3.8, 4) is 5.75 Å². The summed E-state index contributed by atoms with van der Waals surface area (Å²) >= 11 is 0. The van der Waals surface area contributed by atoms with E-state index >= 15 is 0 Å². The third-order valence-electron chi connectivity index (χ3n) is 2.51. The number of pyridine rings is 1. The van der Waals surface area contributed by atoms with E-state index in [2.05, 4.69) is 15.5 Å². The molecule has 0 atom stereocenters. The van der Waals surface area contributed by atoms with Gasteiger partial charge in [0.2, 0.25) is 0 Å². The van der Waals surface area contributed by atoms with Crippen LogP contribution in [0.4, 0.5) is 10.1 Å². The lowest BCUT2D eigenvalue weighted by Gasteiger charge is -2.03. The first-order valence-electron chi connectivity index (χ1n) is 5.79. The fraction of sp³-hybridized carbons (Fsp3) is 0.143. The molecule has 1 aromatic carbocycles. The summed E-state index contributed by atoms with van der Waals surface area (Å²) in [4.78, 5) is 3.90. The highest BCUT2D eigenvalue weighted by Crippen LogP contribution is 2.17. The third-order valence-corrected chi connectivity index (χ3v) is 2.51. The van der Waals surface area contributed by atoms with Crippen LogP contribution in [-0.4, -0.2) is 18.3 Å². The number of aromatic nitrogens is 1. The number of rotatable bonds is 5. The maximum absolute atomic E-state index is 13.4. The predicted octanol–water partition coefficient (Wildman–Crippen LogP) is 3.29. The first-order chi connectivity index (χ1) is 9.29. The van der Waals surface area contributed by atoms with E-state index in [0.29, 0.717) is 6.42 Å². The van der Waals surface area contributed by atoms with Crippen molar-refractivity contribution < 1.29 is 9.13 Å². The lowest BCUT2D eigenvalue weighted by Crippen LogP contribution is -1.94. The molecule has 2 rings (SSSR count). The van der Waals surface area contributed by atoms with Crippen molar-refractivity contribution in [2.24, 2.45) is 5.10 Å². The maximum atomic E-state index is 13.4. The molecule has 6 heteroatoms. The molecule has 0 aliphatic rings. The molecule has 1 N–H and O–H groups in total. The van der Waals surface area contributed by atoms with Gasteiger partial charge in [-0.25, -0.2) is 4.39 Å². The minimum absolute atomic E-state index is 0. The minimum atomic E-state index is -0.365. The Morgan fingerprint density at radius 3 is 2.70 bits per heavy atom. The van der Waals surface area contributed by atoms with E-state index < -0.39 is 0 Å². The van der Waals surface area contributed by atoms with Gasteiger partial charge in [-0.2, -0.15) is 5.10 Å². The monoisotopic (exact) mass is 295 g/mol. The number of benzene rings is 1. The molecule has 0 radical (unpaired) electrons. The second kappa shape index (κ2) is 8.12. The molecular weight excluding hydrogens is 281 g/mol. The van der Waals surface area contributed by atoms with Crippen molar-refractivity contribution in [1.29, 1.82) is 0 Å². The van der Waals surface area contributed by atoms with Crippen LogP contribution in [0, 0.1) is 5.82 Å². The molecule has 20 heavy (non-hydrogen) atoms. The molecule has 0 amide bonds. The van der Waals surface area contributed by atoms with Crippen molar-refractivity contribution in [3.63, 3.8) is 0 Å². The van der Waals surface area contributed by atoms with Gasteiger partial charge in [0.1, 0.15) is 0 Å². The summed E-state index contributed by atoms with van der Waals surface area (Å²) in [5.74, 6) is -0.119. The predicted molar refractivity (Wildman–Crippen MR) is 80.3 cm³/mol. The van der Waals surface area contributed by atoms with Gasteiger partial charge in [-0.3, -0.25) is 10.4 Å².